The fourth-order valence-corrected chi connectivity index (χ4v) is 9.61. The molecule has 2 aromatic heterocycles. The van der Waals surface area contributed by atoms with Gasteiger partial charge in [0, 0.05) is 61.7 Å². The molecule has 2 fully saturated rings. The minimum Gasteiger partial charge on any atom is -0.508 e. The Bertz CT molecular complexity index is 2490. The lowest BCUT2D eigenvalue weighted by atomic mass is 9.84. The van der Waals surface area contributed by atoms with E-state index in [9.17, 15) is 34.2 Å². The summed E-state index contributed by atoms with van der Waals surface area (Å²) in [5.74, 6) is -4.08. The second kappa shape index (κ2) is 17.6. The third-order valence-corrected chi connectivity index (χ3v) is 13.3. The average molecular weight is 879 g/mol. The Labute approximate surface area is 374 Å². The van der Waals surface area contributed by atoms with Crippen LogP contribution in [-0.4, -0.2) is 104 Å². The second-order valence-electron chi connectivity index (χ2n) is 19.2. The number of amides is 3. The van der Waals surface area contributed by atoms with E-state index >= 15 is 0 Å². The number of hydrogen-bond donors (Lipinski definition) is 4. The number of ether oxygens (including phenoxy) is 2. The number of aromatic hydroxyl groups is 1. The number of phenolic OH excluding ortho intramolecular Hbond substituents is 1. The Kier molecular flexibility index (Phi) is 12.7. The van der Waals surface area contributed by atoms with Gasteiger partial charge in [0.2, 0.25) is 11.8 Å². The number of likely N-dealkylation sites (N-methyl/N-ethyl adjacent to an activating group) is 1. The Morgan fingerprint density at radius 2 is 1.78 bits per heavy atom. The Balaban J connectivity index is 1.36. The highest BCUT2D eigenvalue weighted by molar-refractivity contribution is 6.06. The number of phenols is 1. The molecule has 64 heavy (non-hydrogen) atoms. The fraction of sp³-hybridized carbons (Fsp3) is 0.510. The number of hydrazine groups is 1. The van der Waals surface area contributed by atoms with Gasteiger partial charge in [-0.05, 0) is 117 Å². The number of aryl methyl sites for hydroxylation is 1. The maximum atomic E-state index is 14.7. The van der Waals surface area contributed by atoms with E-state index in [1.54, 1.807) is 46.2 Å². The van der Waals surface area contributed by atoms with Crippen molar-refractivity contribution in [1.82, 2.24) is 30.2 Å². The molecule has 4 atom stereocenters. The van der Waals surface area contributed by atoms with Crippen LogP contribution in [0, 0.1) is 16.7 Å². The number of hydrogen-bond acceptors (Lipinski definition) is 10. The topological polar surface area (TPSA) is 193 Å². The molecule has 2 aliphatic heterocycles. The Morgan fingerprint density at radius 3 is 2.44 bits per heavy atom. The monoisotopic (exact) mass is 878 g/mol. The molecule has 1 saturated heterocycles. The second-order valence-corrected chi connectivity index (χ2v) is 19.2. The quantitative estimate of drug-likeness (QED) is 0.105. The predicted molar refractivity (Wildman–Crippen MR) is 241 cm³/mol. The molecule has 15 nitrogen and oxygen atoms in total. The summed E-state index contributed by atoms with van der Waals surface area (Å²) >= 11 is 0. The lowest BCUT2D eigenvalue weighted by molar-refractivity contribution is -0.162. The van der Waals surface area contributed by atoms with Crippen LogP contribution in [0.3, 0.4) is 0 Å². The maximum Gasteiger partial charge on any atom is 0.327 e. The van der Waals surface area contributed by atoms with Gasteiger partial charge >= 0.3 is 11.9 Å². The summed E-state index contributed by atoms with van der Waals surface area (Å²) < 4.78 is 14.2. The van der Waals surface area contributed by atoms with E-state index in [0.29, 0.717) is 36.9 Å². The number of pyridine rings is 1. The van der Waals surface area contributed by atoms with E-state index in [1.165, 1.54) is 17.0 Å². The highest BCUT2D eigenvalue weighted by Gasteiger charge is 2.59. The number of cyclic esters (lactones) is 1. The van der Waals surface area contributed by atoms with Crippen LogP contribution in [0.5, 0.6) is 5.75 Å². The van der Waals surface area contributed by atoms with Crippen molar-refractivity contribution in [2.45, 2.75) is 117 Å². The van der Waals surface area contributed by atoms with Gasteiger partial charge in [-0.2, -0.15) is 0 Å². The summed E-state index contributed by atoms with van der Waals surface area (Å²) in [6.07, 6.45) is 3.13. The number of benzene rings is 2. The molecule has 0 radical (unpaired) electrons. The van der Waals surface area contributed by atoms with Crippen LogP contribution in [0.1, 0.15) is 97.1 Å². The maximum absolute atomic E-state index is 14.7. The highest BCUT2D eigenvalue weighted by atomic mass is 16.5. The standard InChI is InChI=1S/C49H62N6O9/c1-10-54-38-15-14-31-25-35(38)36(41(54)34-13-11-19-50-39(34)29(4)63-9)26-47(5,6)27-64-46(62)48(7)16-12-20-55(52-48)43(58)37(23-30-21-32(31)24-33(56)22-30)51-42(57)40(28(2)3)53(8)44(59)49(17-18-49)45(60)61/h11,13-15,19,21-22,24-25,28-29,37,40,52,56H,10,12,16-18,20,23,26-27H2,1-9H3,(H,51,57)(H,60,61)/t29-,37-,40-,48+/m0/s1. The first-order valence-corrected chi connectivity index (χ1v) is 22.3. The van der Waals surface area contributed by atoms with Crippen LogP contribution in [0.2, 0.25) is 0 Å². The first kappa shape index (κ1) is 46.2. The van der Waals surface area contributed by atoms with Gasteiger partial charge in [-0.25, -0.2) is 10.2 Å². The Hall–Kier alpha value is -5.80. The number of nitrogens with zero attached hydrogens (tertiary/aromatic N) is 4. The smallest absolute Gasteiger partial charge is 0.327 e. The molecule has 3 aliphatic rings. The van der Waals surface area contributed by atoms with Crippen molar-refractivity contribution in [3.05, 3.63) is 71.5 Å². The molecular weight excluding hydrogens is 817 g/mol. The van der Waals surface area contributed by atoms with Gasteiger partial charge in [0.25, 0.3) is 5.91 Å². The molecule has 15 heteroatoms. The summed E-state index contributed by atoms with van der Waals surface area (Å²) in [5.41, 5.74) is 6.51. The SMILES string of the molecule is CCn1c(-c2cccnc2[C@H](C)OC)c2c3cc(ccc31)-c1cc(O)cc(c1)C[C@H](NC(=O)[C@H](C(C)C)N(C)C(=O)C1(C(=O)O)CC1)C(=O)N1CCC[C@@](C)(N1)C(=O)OCC(C)(C)C2. The van der Waals surface area contributed by atoms with Gasteiger partial charge in [-0.3, -0.25) is 29.2 Å². The van der Waals surface area contributed by atoms with Gasteiger partial charge in [-0.1, -0.05) is 39.8 Å². The van der Waals surface area contributed by atoms with E-state index in [4.69, 9.17) is 14.5 Å². The van der Waals surface area contributed by atoms with Gasteiger partial charge in [-0.15, -0.1) is 0 Å². The third kappa shape index (κ3) is 8.71. The first-order chi connectivity index (χ1) is 30.2. The molecule has 1 aliphatic carbocycles. The molecule has 4 heterocycles. The highest BCUT2D eigenvalue weighted by Crippen LogP contribution is 2.48. The van der Waals surface area contributed by atoms with Crippen LogP contribution in [0.15, 0.2) is 54.7 Å². The fourth-order valence-electron chi connectivity index (χ4n) is 9.61. The number of aliphatic carboxylic acids is 1. The number of methoxy groups -OCH3 is 1. The van der Waals surface area contributed by atoms with Crippen LogP contribution < -0.4 is 10.7 Å². The molecule has 4 N–H and O–H groups in total. The van der Waals surface area contributed by atoms with Crippen LogP contribution >= 0.6 is 0 Å². The van der Waals surface area contributed by atoms with Crippen molar-refractivity contribution in [2.75, 3.05) is 27.3 Å². The van der Waals surface area contributed by atoms with Crippen molar-refractivity contribution < 1.29 is 43.7 Å². The van der Waals surface area contributed by atoms with E-state index in [0.717, 1.165) is 39.0 Å². The zero-order chi connectivity index (χ0) is 46.5. The summed E-state index contributed by atoms with van der Waals surface area (Å²) in [6, 6.07) is 12.9. The van der Waals surface area contributed by atoms with Crippen LogP contribution in [0.25, 0.3) is 33.3 Å². The van der Waals surface area contributed by atoms with E-state index in [-0.39, 0.29) is 44.3 Å². The summed E-state index contributed by atoms with van der Waals surface area (Å²) in [5, 5.41) is 26.4. The van der Waals surface area contributed by atoms with Crippen molar-refractivity contribution in [3.8, 4) is 28.1 Å². The zero-order valence-electron chi connectivity index (χ0n) is 38.4. The van der Waals surface area contributed by atoms with Gasteiger partial charge in [0.15, 0.2) is 0 Å². The first-order valence-electron chi connectivity index (χ1n) is 22.3. The van der Waals surface area contributed by atoms with E-state index in [1.807, 2.05) is 25.1 Å². The van der Waals surface area contributed by atoms with Gasteiger partial charge < -0.3 is 34.5 Å². The molecule has 7 rings (SSSR count). The molecule has 3 amide bonds. The molecule has 6 bridgehead atoms. The zero-order valence-corrected chi connectivity index (χ0v) is 38.4. The van der Waals surface area contributed by atoms with Crippen molar-refractivity contribution in [2.24, 2.45) is 16.7 Å². The normalized spacial score (nSPS) is 21.7. The molecule has 1 saturated carbocycles. The molecule has 0 unspecified atom stereocenters. The number of carboxylic acids is 1. The number of nitrogens with one attached hydrogen (secondary N) is 2. The van der Waals surface area contributed by atoms with E-state index < -0.39 is 64.0 Å². The van der Waals surface area contributed by atoms with Crippen LogP contribution in [-0.2, 0) is 52.8 Å². The van der Waals surface area contributed by atoms with Crippen molar-refractivity contribution in [3.63, 3.8) is 0 Å². The number of aromatic nitrogens is 2. The number of rotatable bonds is 10. The number of esters is 1. The molecular formula is C49H62N6O9. The van der Waals surface area contributed by atoms with Gasteiger partial charge in [0.05, 0.1) is 24.1 Å². The number of carbonyl (C=O) groups is 5. The molecule has 0 spiro atoms. The number of carboxylic acid groups (broad SMARTS) is 1. The third-order valence-electron chi connectivity index (χ3n) is 13.3. The molecule has 4 aromatic rings. The van der Waals surface area contributed by atoms with E-state index in [2.05, 4.69) is 54.3 Å². The lowest BCUT2D eigenvalue weighted by Crippen LogP contribution is -2.66. The largest absolute Gasteiger partial charge is 0.508 e. The molecule has 2 aromatic carbocycles. The summed E-state index contributed by atoms with van der Waals surface area (Å²) in [6.45, 7) is 14.4. The average Bonchev–Trinajstić information content (AvgIpc) is 4.02. The summed E-state index contributed by atoms with van der Waals surface area (Å²) in [7, 11) is 3.08. The molecule has 342 valence electrons. The number of fused-ring (bicyclic) bond motifs is 6. The van der Waals surface area contributed by atoms with Crippen LogP contribution in [0.4, 0.5) is 0 Å². The minimum absolute atomic E-state index is 0.0403. The summed E-state index contributed by atoms with van der Waals surface area (Å²) in [4.78, 5) is 75.0. The van der Waals surface area contributed by atoms with Crippen molar-refractivity contribution in [1.29, 1.82) is 0 Å². The Morgan fingerprint density at radius 1 is 1.05 bits per heavy atom. The number of carbonyl (C=O) groups excluding carboxylic acids is 4. The minimum atomic E-state index is -1.57. The predicted octanol–water partition coefficient (Wildman–Crippen LogP) is 6.19. The van der Waals surface area contributed by atoms with Gasteiger partial charge in [0.1, 0.15) is 28.8 Å². The lowest BCUT2D eigenvalue weighted by Gasteiger charge is -2.41. The van der Waals surface area contributed by atoms with Crippen molar-refractivity contribution >= 4 is 40.6 Å².